The minimum atomic E-state index is -0.510. The standard InChI is InChI=1S/C24H29FN2O3/c1-24(15-29-2)16-30-21(11-13-26-24)23(28)27-14-12-17-5-3-4-6-20(17)22(27)18-7-9-19(25)10-8-18/h3-10,21-22,26H,11-16H2,1-2H3/t21-,22+,24+/m1/s1. The van der Waals surface area contributed by atoms with Gasteiger partial charge in [-0.15, -0.1) is 0 Å². The zero-order valence-corrected chi connectivity index (χ0v) is 17.6. The second kappa shape index (κ2) is 8.84. The van der Waals surface area contributed by atoms with E-state index < -0.39 is 6.10 Å². The van der Waals surface area contributed by atoms with E-state index in [0.717, 1.165) is 17.5 Å². The van der Waals surface area contributed by atoms with Gasteiger partial charge in [0.15, 0.2) is 0 Å². The van der Waals surface area contributed by atoms with Crippen LogP contribution in [-0.4, -0.2) is 55.9 Å². The van der Waals surface area contributed by atoms with Crippen LogP contribution in [0.15, 0.2) is 48.5 Å². The first kappa shape index (κ1) is 21.0. The van der Waals surface area contributed by atoms with Crippen molar-refractivity contribution in [2.75, 3.05) is 33.4 Å². The average Bonchev–Trinajstić information content (AvgIpc) is 2.95. The number of nitrogens with zero attached hydrogens (tertiary/aromatic N) is 1. The lowest BCUT2D eigenvalue weighted by Crippen LogP contribution is -2.49. The van der Waals surface area contributed by atoms with Crippen LogP contribution in [0.4, 0.5) is 4.39 Å². The zero-order chi connectivity index (χ0) is 21.1. The van der Waals surface area contributed by atoms with Crippen molar-refractivity contribution in [2.24, 2.45) is 0 Å². The largest absolute Gasteiger partial charge is 0.383 e. The van der Waals surface area contributed by atoms with E-state index in [9.17, 15) is 9.18 Å². The highest BCUT2D eigenvalue weighted by Crippen LogP contribution is 2.36. The molecule has 2 aromatic carbocycles. The van der Waals surface area contributed by atoms with Crippen LogP contribution in [0.3, 0.4) is 0 Å². The van der Waals surface area contributed by atoms with E-state index in [1.165, 1.54) is 17.7 Å². The maximum absolute atomic E-state index is 13.6. The summed E-state index contributed by atoms with van der Waals surface area (Å²) < 4.78 is 25.0. The summed E-state index contributed by atoms with van der Waals surface area (Å²) in [6.45, 7) is 4.26. The smallest absolute Gasteiger partial charge is 0.252 e. The Morgan fingerprint density at radius 1 is 1.27 bits per heavy atom. The average molecular weight is 413 g/mol. The van der Waals surface area contributed by atoms with Gasteiger partial charge in [0, 0.05) is 13.7 Å². The zero-order valence-electron chi connectivity index (χ0n) is 17.6. The monoisotopic (exact) mass is 412 g/mol. The van der Waals surface area contributed by atoms with Gasteiger partial charge in [0.05, 0.1) is 24.8 Å². The number of hydrogen-bond acceptors (Lipinski definition) is 4. The number of amides is 1. The fourth-order valence-electron chi connectivity index (χ4n) is 4.52. The molecule has 0 unspecified atom stereocenters. The number of halogens is 1. The Hall–Kier alpha value is -2.28. The predicted molar refractivity (Wildman–Crippen MR) is 113 cm³/mol. The van der Waals surface area contributed by atoms with Crippen molar-refractivity contribution < 1.29 is 18.7 Å². The van der Waals surface area contributed by atoms with Crippen LogP contribution < -0.4 is 5.32 Å². The van der Waals surface area contributed by atoms with E-state index in [0.29, 0.717) is 32.7 Å². The topological polar surface area (TPSA) is 50.8 Å². The second-order valence-electron chi connectivity index (χ2n) is 8.44. The van der Waals surface area contributed by atoms with Gasteiger partial charge in [-0.2, -0.15) is 0 Å². The molecule has 6 heteroatoms. The summed E-state index contributed by atoms with van der Waals surface area (Å²) in [6.07, 6.45) is 0.891. The molecule has 0 spiro atoms. The summed E-state index contributed by atoms with van der Waals surface area (Å²) in [6, 6.07) is 14.4. The maximum Gasteiger partial charge on any atom is 0.252 e. The predicted octanol–water partition coefficient (Wildman–Crippen LogP) is 3.08. The Balaban J connectivity index is 1.61. The summed E-state index contributed by atoms with van der Waals surface area (Å²) in [5.41, 5.74) is 2.92. The molecule has 2 aliphatic heterocycles. The van der Waals surface area contributed by atoms with Crippen LogP contribution in [0, 0.1) is 5.82 Å². The number of nitrogens with one attached hydrogen (secondary N) is 1. The SMILES string of the molecule is COC[C@@]1(C)CO[C@@H](C(=O)N2CCc3ccccc3[C@@H]2c2ccc(F)cc2)CCN1. The van der Waals surface area contributed by atoms with Gasteiger partial charge < -0.3 is 19.7 Å². The lowest BCUT2D eigenvalue weighted by molar-refractivity contribution is -0.146. The van der Waals surface area contributed by atoms with Crippen molar-refractivity contribution in [3.05, 3.63) is 71.0 Å². The summed E-state index contributed by atoms with van der Waals surface area (Å²) >= 11 is 0. The minimum Gasteiger partial charge on any atom is -0.383 e. The lowest BCUT2D eigenvalue weighted by Gasteiger charge is -2.39. The van der Waals surface area contributed by atoms with Gasteiger partial charge in [-0.3, -0.25) is 4.79 Å². The Bertz CT molecular complexity index is 888. The van der Waals surface area contributed by atoms with Crippen molar-refractivity contribution in [1.29, 1.82) is 0 Å². The number of carbonyl (C=O) groups excluding carboxylic acids is 1. The van der Waals surface area contributed by atoms with Crippen molar-refractivity contribution in [1.82, 2.24) is 10.2 Å². The second-order valence-corrected chi connectivity index (χ2v) is 8.44. The summed E-state index contributed by atoms with van der Waals surface area (Å²) in [7, 11) is 1.67. The lowest BCUT2D eigenvalue weighted by atomic mass is 9.87. The molecular formula is C24H29FN2O3. The fraction of sp³-hybridized carbons (Fsp3) is 0.458. The number of benzene rings is 2. The third-order valence-corrected chi connectivity index (χ3v) is 6.05. The Labute approximate surface area is 177 Å². The molecule has 1 N–H and O–H groups in total. The van der Waals surface area contributed by atoms with E-state index in [-0.39, 0.29) is 23.3 Å². The molecule has 1 amide bonds. The summed E-state index contributed by atoms with van der Waals surface area (Å²) in [4.78, 5) is 15.5. The molecule has 0 radical (unpaired) electrons. The first-order chi connectivity index (χ1) is 14.5. The molecule has 0 saturated carbocycles. The highest BCUT2D eigenvalue weighted by Gasteiger charge is 2.38. The third kappa shape index (κ3) is 4.26. The van der Waals surface area contributed by atoms with E-state index in [1.807, 2.05) is 24.0 Å². The highest BCUT2D eigenvalue weighted by atomic mass is 19.1. The van der Waals surface area contributed by atoms with Crippen molar-refractivity contribution in [2.45, 2.75) is 37.5 Å². The van der Waals surface area contributed by atoms with Crippen LogP contribution >= 0.6 is 0 Å². The number of methoxy groups -OCH3 is 1. The molecule has 2 aromatic rings. The number of hydrogen-bond donors (Lipinski definition) is 1. The number of ether oxygens (including phenoxy) is 2. The molecule has 2 aliphatic rings. The van der Waals surface area contributed by atoms with Gasteiger partial charge in [-0.05, 0) is 55.1 Å². The summed E-state index contributed by atoms with van der Waals surface area (Å²) in [5.74, 6) is -0.293. The van der Waals surface area contributed by atoms with Gasteiger partial charge >= 0.3 is 0 Å². The fourth-order valence-corrected chi connectivity index (χ4v) is 4.52. The van der Waals surface area contributed by atoms with E-state index in [4.69, 9.17) is 9.47 Å². The quantitative estimate of drug-likeness (QED) is 0.839. The molecule has 0 aromatic heterocycles. The Kier molecular flexibility index (Phi) is 6.18. The molecule has 4 rings (SSSR count). The van der Waals surface area contributed by atoms with Gasteiger partial charge in [-0.1, -0.05) is 36.4 Å². The van der Waals surface area contributed by atoms with Crippen LogP contribution in [-0.2, 0) is 20.7 Å². The molecular weight excluding hydrogens is 383 g/mol. The van der Waals surface area contributed by atoms with Gasteiger partial charge in [0.1, 0.15) is 11.9 Å². The molecule has 0 aliphatic carbocycles. The molecule has 1 fully saturated rings. The Morgan fingerprint density at radius 3 is 2.80 bits per heavy atom. The maximum atomic E-state index is 13.6. The van der Waals surface area contributed by atoms with Gasteiger partial charge in [0.2, 0.25) is 0 Å². The van der Waals surface area contributed by atoms with Crippen LogP contribution in [0.1, 0.15) is 36.1 Å². The molecule has 2 heterocycles. The number of carbonyl (C=O) groups is 1. The van der Waals surface area contributed by atoms with Crippen LogP contribution in [0.5, 0.6) is 0 Å². The summed E-state index contributed by atoms with van der Waals surface area (Å²) in [5, 5.41) is 3.45. The molecule has 30 heavy (non-hydrogen) atoms. The van der Waals surface area contributed by atoms with Crippen molar-refractivity contribution in [3.8, 4) is 0 Å². The van der Waals surface area contributed by atoms with Crippen LogP contribution in [0.2, 0.25) is 0 Å². The van der Waals surface area contributed by atoms with E-state index >= 15 is 0 Å². The number of rotatable bonds is 4. The third-order valence-electron chi connectivity index (χ3n) is 6.05. The molecule has 5 nitrogen and oxygen atoms in total. The molecule has 3 atom stereocenters. The van der Waals surface area contributed by atoms with Crippen LogP contribution in [0.25, 0.3) is 0 Å². The van der Waals surface area contributed by atoms with E-state index in [1.54, 1.807) is 19.2 Å². The first-order valence-electron chi connectivity index (χ1n) is 10.5. The van der Waals surface area contributed by atoms with Crippen molar-refractivity contribution in [3.63, 3.8) is 0 Å². The molecule has 1 saturated heterocycles. The number of fused-ring (bicyclic) bond motifs is 1. The first-order valence-corrected chi connectivity index (χ1v) is 10.5. The molecule has 0 bridgehead atoms. The minimum absolute atomic E-state index is 0.0118. The van der Waals surface area contributed by atoms with Crippen molar-refractivity contribution >= 4 is 5.91 Å². The van der Waals surface area contributed by atoms with E-state index in [2.05, 4.69) is 17.4 Å². The Morgan fingerprint density at radius 2 is 2.03 bits per heavy atom. The van der Waals surface area contributed by atoms with Gasteiger partial charge in [0.25, 0.3) is 5.91 Å². The highest BCUT2D eigenvalue weighted by molar-refractivity contribution is 5.82. The normalized spacial score (nSPS) is 26.7. The molecule has 160 valence electrons. The van der Waals surface area contributed by atoms with Gasteiger partial charge in [-0.25, -0.2) is 4.39 Å².